The first-order valence-electron chi connectivity index (χ1n) is 6.25. The maximum absolute atomic E-state index is 11.2. The van der Waals surface area contributed by atoms with E-state index in [9.17, 15) is 9.90 Å². The molecule has 1 aliphatic rings. The number of aliphatic hydroxyl groups is 1. The van der Waals surface area contributed by atoms with Crippen LogP contribution in [0.3, 0.4) is 0 Å². The molecule has 106 valence electrons. The molecule has 0 unspecified atom stereocenters. The predicted octanol–water partition coefficient (Wildman–Crippen LogP) is 0.169. The highest BCUT2D eigenvalue weighted by Crippen LogP contribution is 2.27. The van der Waals surface area contributed by atoms with Crippen molar-refractivity contribution in [3.63, 3.8) is 0 Å². The second-order valence-electron chi connectivity index (χ2n) is 4.99. The Hall–Kier alpha value is -0.690. The van der Waals surface area contributed by atoms with Gasteiger partial charge in [0.2, 0.25) is 0 Å². The van der Waals surface area contributed by atoms with E-state index in [0.717, 1.165) is 0 Å². The Kier molecular flexibility index (Phi) is 5.52. The number of carbonyl (C=O) groups is 1. The van der Waals surface area contributed by atoms with Gasteiger partial charge in [0.15, 0.2) is 5.79 Å². The van der Waals surface area contributed by atoms with Gasteiger partial charge in [0, 0.05) is 6.04 Å². The molecule has 1 aliphatic carbocycles. The topological polar surface area (TPSA) is 91.0 Å². The lowest BCUT2D eigenvalue weighted by Gasteiger charge is -2.27. The van der Waals surface area contributed by atoms with Gasteiger partial charge in [-0.25, -0.2) is 4.79 Å². The minimum absolute atomic E-state index is 0.0375. The van der Waals surface area contributed by atoms with Crippen LogP contribution in [-0.4, -0.2) is 48.3 Å². The maximum Gasteiger partial charge on any atom is 0.332 e. The van der Waals surface area contributed by atoms with E-state index in [0.29, 0.717) is 19.4 Å². The van der Waals surface area contributed by atoms with Gasteiger partial charge in [-0.1, -0.05) is 0 Å². The molecule has 1 rings (SSSR count). The van der Waals surface area contributed by atoms with Gasteiger partial charge in [0.25, 0.3) is 0 Å². The van der Waals surface area contributed by atoms with Crippen LogP contribution in [0.4, 0.5) is 0 Å². The van der Waals surface area contributed by atoms with Crippen molar-refractivity contribution in [1.82, 2.24) is 0 Å². The second kappa shape index (κ2) is 6.47. The third-order valence-electron chi connectivity index (χ3n) is 2.65. The van der Waals surface area contributed by atoms with Crippen molar-refractivity contribution < 1.29 is 24.1 Å². The first kappa shape index (κ1) is 15.4. The molecule has 1 saturated carbocycles. The molecule has 0 aliphatic heterocycles. The molecule has 6 heteroatoms. The number of esters is 1. The highest BCUT2D eigenvalue weighted by molar-refractivity contribution is 5.70. The van der Waals surface area contributed by atoms with Crippen LogP contribution in [0.25, 0.3) is 0 Å². The largest absolute Gasteiger partial charge is 0.464 e. The molecule has 1 fully saturated rings. The van der Waals surface area contributed by atoms with E-state index in [-0.39, 0.29) is 24.9 Å². The van der Waals surface area contributed by atoms with Gasteiger partial charge in [-0.05, 0) is 33.6 Å². The Morgan fingerprint density at radius 1 is 1.39 bits per heavy atom. The summed E-state index contributed by atoms with van der Waals surface area (Å²) in [6.07, 6.45) is 0.641. The van der Waals surface area contributed by atoms with Crippen molar-refractivity contribution in [2.24, 2.45) is 5.73 Å². The molecule has 0 aromatic rings. The highest BCUT2D eigenvalue weighted by atomic mass is 16.6. The molecule has 0 aromatic heterocycles. The van der Waals surface area contributed by atoms with Gasteiger partial charge in [-0.2, -0.15) is 0 Å². The minimum Gasteiger partial charge on any atom is -0.464 e. The molecule has 18 heavy (non-hydrogen) atoms. The Bertz CT molecular complexity index is 276. The van der Waals surface area contributed by atoms with E-state index in [4.69, 9.17) is 19.9 Å². The summed E-state index contributed by atoms with van der Waals surface area (Å²) in [5.41, 5.74) is 5.84. The van der Waals surface area contributed by atoms with Crippen LogP contribution < -0.4 is 5.73 Å². The molecule has 0 bridgehead atoms. The number of ether oxygens (including phenoxy) is 3. The van der Waals surface area contributed by atoms with Crippen molar-refractivity contribution >= 4 is 5.97 Å². The third-order valence-corrected chi connectivity index (χ3v) is 2.65. The summed E-state index contributed by atoms with van der Waals surface area (Å²) in [5.74, 6) is -1.64. The minimum atomic E-state index is -1.24. The van der Waals surface area contributed by atoms with Crippen LogP contribution in [0.2, 0.25) is 0 Å². The standard InChI is InChI=1S/C12H23NO5/c1-4-16-11(14)7-17-9-5-8(13)6-10(9)18-12(2,3)15/h8-10,15H,4-7,13H2,1-3H3/t8-,9+,10+/m1/s1. The van der Waals surface area contributed by atoms with Crippen molar-refractivity contribution in [3.8, 4) is 0 Å². The highest BCUT2D eigenvalue weighted by Gasteiger charge is 2.37. The smallest absolute Gasteiger partial charge is 0.332 e. The molecular formula is C12H23NO5. The predicted molar refractivity (Wildman–Crippen MR) is 64.8 cm³/mol. The number of rotatable bonds is 6. The first-order chi connectivity index (χ1) is 8.31. The van der Waals surface area contributed by atoms with Gasteiger partial charge < -0.3 is 25.1 Å². The van der Waals surface area contributed by atoms with E-state index in [1.807, 2.05) is 0 Å². The molecule has 0 saturated heterocycles. The van der Waals surface area contributed by atoms with E-state index in [1.165, 1.54) is 0 Å². The van der Waals surface area contributed by atoms with E-state index in [1.54, 1.807) is 20.8 Å². The summed E-state index contributed by atoms with van der Waals surface area (Å²) in [4.78, 5) is 11.2. The Morgan fingerprint density at radius 3 is 2.56 bits per heavy atom. The van der Waals surface area contributed by atoms with E-state index in [2.05, 4.69) is 0 Å². The van der Waals surface area contributed by atoms with Crippen LogP contribution in [0.15, 0.2) is 0 Å². The zero-order valence-electron chi connectivity index (χ0n) is 11.2. The molecular weight excluding hydrogens is 238 g/mol. The summed E-state index contributed by atoms with van der Waals surface area (Å²) >= 11 is 0. The van der Waals surface area contributed by atoms with Gasteiger partial charge >= 0.3 is 5.97 Å². The summed E-state index contributed by atoms with van der Waals surface area (Å²) in [6, 6.07) is -0.0375. The van der Waals surface area contributed by atoms with Gasteiger partial charge in [0.1, 0.15) is 6.61 Å². The van der Waals surface area contributed by atoms with Crippen LogP contribution in [0, 0.1) is 0 Å². The van der Waals surface area contributed by atoms with Crippen molar-refractivity contribution in [2.75, 3.05) is 13.2 Å². The number of hydrogen-bond acceptors (Lipinski definition) is 6. The van der Waals surface area contributed by atoms with Gasteiger partial charge in [0.05, 0.1) is 18.8 Å². The summed E-state index contributed by atoms with van der Waals surface area (Å²) in [7, 11) is 0. The van der Waals surface area contributed by atoms with Crippen molar-refractivity contribution in [1.29, 1.82) is 0 Å². The number of carbonyl (C=O) groups excluding carboxylic acids is 1. The summed E-state index contributed by atoms with van der Waals surface area (Å²) < 4.78 is 15.7. The summed E-state index contributed by atoms with van der Waals surface area (Å²) in [6.45, 7) is 5.06. The molecule has 3 N–H and O–H groups in total. The van der Waals surface area contributed by atoms with Crippen molar-refractivity contribution in [3.05, 3.63) is 0 Å². The average Bonchev–Trinajstić information content (AvgIpc) is 2.53. The second-order valence-corrected chi connectivity index (χ2v) is 4.99. The monoisotopic (exact) mass is 261 g/mol. The average molecular weight is 261 g/mol. The zero-order chi connectivity index (χ0) is 13.8. The molecule has 3 atom stereocenters. The molecule has 0 amide bonds. The fourth-order valence-corrected chi connectivity index (χ4v) is 2.04. The SMILES string of the molecule is CCOC(=O)CO[C@H]1C[C@@H](N)C[C@@H]1OC(C)(C)O. The van der Waals surface area contributed by atoms with E-state index < -0.39 is 11.8 Å². The van der Waals surface area contributed by atoms with Crippen LogP contribution in [-0.2, 0) is 19.0 Å². The summed E-state index contributed by atoms with van der Waals surface area (Å²) in [5, 5.41) is 9.63. The number of hydrogen-bond donors (Lipinski definition) is 2. The molecule has 0 aromatic carbocycles. The fourth-order valence-electron chi connectivity index (χ4n) is 2.04. The fraction of sp³-hybridized carbons (Fsp3) is 0.917. The third kappa shape index (κ3) is 5.30. The Balaban J connectivity index is 2.44. The lowest BCUT2D eigenvalue weighted by molar-refractivity contribution is -0.224. The normalized spacial score (nSPS) is 28.4. The lowest BCUT2D eigenvalue weighted by Crippen LogP contribution is -2.36. The maximum atomic E-state index is 11.2. The first-order valence-corrected chi connectivity index (χ1v) is 6.25. The van der Waals surface area contributed by atoms with Gasteiger partial charge in [-0.3, -0.25) is 0 Å². The molecule has 0 heterocycles. The number of nitrogens with two attached hydrogens (primary N) is 1. The van der Waals surface area contributed by atoms with Gasteiger partial charge in [-0.15, -0.1) is 0 Å². The van der Waals surface area contributed by atoms with Crippen LogP contribution in [0.1, 0.15) is 33.6 Å². The van der Waals surface area contributed by atoms with Crippen LogP contribution in [0.5, 0.6) is 0 Å². The molecule has 0 radical (unpaired) electrons. The zero-order valence-corrected chi connectivity index (χ0v) is 11.2. The molecule has 6 nitrogen and oxygen atoms in total. The van der Waals surface area contributed by atoms with E-state index >= 15 is 0 Å². The lowest BCUT2D eigenvalue weighted by atomic mass is 10.2. The van der Waals surface area contributed by atoms with Crippen molar-refractivity contribution in [2.45, 2.75) is 57.6 Å². The quantitative estimate of drug-likeness (QED) is 0.523. The van der Waals surface area contributed by atoms with Crippen LogP contribution >= 0.6 is 0 Å². The Morgan fingerprint density at radius 2 is 2.00 bits per heavy atom. The molecule has 0 spiro atoms. The Labute approximate surface area is 107 Å².